The summed E-state index contributed by atoms with van der Waals surface area (Å²) in [4.78, 5) is 37.3. The highest BCUT2D eigenvalue weighted by atomic mass is 35.5. The zero-order chi connectivity index (χ0) is 24.0. The Kier molecular flexibility index (Phi) is 5.54. The Balaban J connectivity index is 1.35. The van der Waals surface area contributed by atoms with E-state index in [-0.39, 0.29) is 23.9 Å². The molecule has 9 nitrogen and oxygen atoms in total. The summed E-state index contributed by atoms with van der Waals surface area (Å²) < 4.78 is 16.4. The zero-order valence-electron chi connectivity index (χ0n) is 17.6. The first-order valence-corrected chi connectivity index (χ1v) is 11.2. The van der Waals surface area contributed by atoms with Crippen LogP contribution in [0.4, 0.5) is 10.5 Å². The number of aryl methyl sites for hydroxylation is 1. The van der Waals surface area contributed by atoms with Crippen LogP contribution in [0.5, 0.6) is 11.5 Å². The Hall–Kier alpha value is -3.76. The minimum Gasteiger partial charge on any atom is -0.457 e. The van der Waals surface area contributed by atoms with Gasteiger partial charge in [-0.05, 0) is 54.6 Å². The lowest BCUT2D eigenvalue weighted by atomic mass is 10.1. The van der Waals surface area contributed by atoms with E-state index < -0.39 is 16.1 Å². The van der Waals surface area contributed by atoms with Gasteiger partial charge < -0.3 is 13.9 Å². The average Bonchev–Trinajstić information content (AvgIpc) is 3.50. The first-order valence-electron chi connectivity index (χ1n) is 9.99. The third kappa shape index (κ3) is 4.02. The monoisotopic (exact) mass is 498 g/mol. The highest BCUT2D eigenvalue weighted by Crippen LogP contribution is 2.39. The quantitative estimate of drug-likeness (QED) is 0.247. The number of carbonyl (C=O) groups excluding carboxylic acids is 2. The molecule has 5 rings (SSSR count). The number of ether oxygens (including phenoxy) is 2. The van der Waals surface area contributed by atoms with Gasteiger partial charge in [-0.2, -0.15) is 0 Å². The minimum atomic E-state index is -0.465. The van der Waals surface area contributed by atoms with Gasteiger partial charge in [-0.15, -0.1) is 0 Å². The lowest BCUT2D eigenvalue weighted by Gasteiger charge is -2.14. The van der Waals surface area contributed by atoms with Crippen molar-refractivity contribution in [2.24, 2.45) is 0 Å². The molecule has 2 aromatic carbocycles. The summed E-state index contributed by atoms with van der Waals surface area (Å²) in [5.74, 6) is 1.41. The van der Waals surface area contributed by atoms with Crippen LogP contribution in [-0.4, -0.2) is 27.8 Å². The predicted octanol–water partition coefficient (Wildman–Crippen LogP) is 5.78. The molecule has 1 fully saturated rings. The molecule has 0 spiro atoms. The molecule has 2 aliphatic heterocycles. The van der Waals surface area contributed by atoms with E-state index in [9.17, 15) is 19.7 Å². The number of carbonyl (C=O) groups is 2. The highest BCUT2D eigenvalue weighted by molar-refractivity contribution is 8.18. The van der Waals surface area contributed by atoms with Gasteiger partial charge >= 0.3 is 0 Å². The molecule has 0 N–H and O–H groups in total. The van der Waals surface area contributed by atoms with Gasteiger partial charge in [-0.3, -0.25) is 24.6 Å². The predicted molar refractivity (Wildman–Crippen MR) is 125 cm³/mol. The molecule has 11 heteroatoms. The van der Waals surface area contributed by atoms with E-state index in [2.05, 4.69) is 0 Å². The summed E-state index contributed by atoms with van der Waals surface area (Å²) in [7, 11) is 0. The average molecular weight is 499 g/mol. The molecular formula is C23H15ClN2O7S. The van der Waals surface area contributed by atoms with Crippen molar-refractivity contribution in [3.8, 4) is 22.8 Å². The number of benzene rings is 2. The number of hydrogen-bond acceptors (Lipinski definition) is 8. The van der Waals surface area contributed by atoms with E-state index in [1.807, 2.05) is 0 Å². The van der Waals surface area contributed by atoms with Crippen molar-refractivity contribution in [2.75, 3.05) is 6.79 Å². The van der Waals surface area contributed by atoms with Gasteiger partial charge in [0.2, 0.25) is 6.79 Å². The van der Waals surface area contributed by atoms with Crippen LogP contribution in [0, 0.1) is 17.0 Å². The van der Waals surface area contributed by atoms with Gasteiger partial charge in [-0.1, -0.05) is 11.6 Å². The maximum atomic E-state index is 12.9. The molecule has 1 aromatic heterocycles. The second kappa shape index (κ2) is 8.54. The van der Waals surface area contributed by atoms with Gasteiger partial charge in [0.05, 0.1) is 16.4 Å². The molecule has 0 radical (unpaired) electrons. The Labute approximate surface area is 202 Å². The van der Waals surface area contributed by atoms with Crippen molar-refractivity contribution in [1.29, 1.82) is 0 Å². The number of nitro groups is 1. The maximum absolute atomic E-state index is 12.9. The molecule has 0 atom stereocenters. The van der Waals surface area contributed by atoms with Crippen LogP contribution in [-0.2, 0) is 11.3 Å². The largest absolute Gasteiger partial charge is 0.457 e. The van der Waals surface area contributed by atoms with Gasteiger partial charge in [0.15, 0.2) is 11.5 Å². The SMILES string of the molecule is Cc1cc(-c2ccc(/C=C3\SC(=O)N(Cc4cc5c(cc4Cl)OCO5)C3=O)o2)ccc1[N+](=O)[O-]. The smallest absolute Gasteiger partial charge is 0.293 e. The van der Waals surface area contributed by atoms with E-state index in [4.69, 9.17) is 25.5 Å². The molecule has 1 saturated heterocycles. The maximum Gasteiger partial charge on any atom is 0.293 e. The zero-order valence-corrected chi connectivity index (χ0v) is 19.1. The molecule has 2 aliphatic rings. The number of halogens is 1. The number of imide groups is 1. The minimum absolute atomic E-state index is 0.0110. The molecule has 0 unspecified atom stereocenters. The van der Waals surface area contributed by atoms with E-state index in [0.717, 1.165) is 16.7 Å². The Morgan fingerprint density at radius 1 is 1.15 bits per heavy atom. The third-order valence-electron chi connectivity index (χ3n) is 5.32. The van der Waals surface area contributed by atoms with Crippen LogP contribution in [0.15, 0.2) is 51.8 Å². The van der Waals surface area contributed by atoms with Gasteiger partial charge in [0, 0.05) is 34.4 Å². The number of nitrogens with zero attached hydrogens (tertiary/aromatic N) is 2. The Bertz CT molecular complexity index is 1400. The standard InChI is InChI=1S/C23H15ClN2O7S/c1-12-6-13(2-4-17(12)26(29)30)18-5-3-15(33-18)8-21-22(27)25(23(28)34-21)10-14-7-19-20(9-16(14)24)32-11-31-19/h2-9H,10-11H2,1H3/b21-8-. The second-order valence-electron chi connectivity index (χ2n) is 7.53. The molecule has 0 saturated carbocycles. The van der Waals surface area contributed by atoms with Crippen LogP contribution < -0.4 is 9.47 Å². The lowest BCUT2D eigenvalue weighted by Crippen LogP contribution is -2.27. The Morgan fingerprint density at radius 3 is 2.65 bits per heavy atom. The van der Waals surface area contributed by atoms with Gasteiger partial charge in [0.1, 0.15) is 11.5 Å². The molecule has 0 bridgehead atoms. The topological polar surface area (TPSA) is 112 Å². The summed E-state index contributed by atoms with van der Waals surface area (Å²) in [5.41, 5.74) is 1.74. The van der Waals surface area contributed by atoms with Gasteiger partial charge in [0.25, 0.3) is 16.8 Å². The van der Waals surface area contributed by atoms with Crippen molar-refractivity contribution < 1.29 is 28.4 Å². The van der Waals surface area contributed by atoms with E-state index >= 15 is 0 Å². The summed E-state index contributed by atoms with van der Waals surface area (Å²) >= 11 is 7.09. The molecular weight excluding hydrogens is 484 g/mol. The molecule has 3 aromatic rings. The van der Waals surface area contributed by atoms with E-state index in [1.54, 1.807) is 43.3 Å². The molecule has 172 valence electrons. The summed E-state index contributed by atoms with van der Waals surface area (Å²) in [5, 5.41) is 11.0. The number of fused-ring (bicyclic) bond motifs is 1. The summed E-state index contributed by atoms with van der Waals surface area (Å²) in [6, 6.07) is 11.3. The van der Waals surface area contributed by atoms with Crippen LogP contribution in [0.1, 0.15) is 16.9 Å². The number of nitro benzene ring substituents is 1. The fourth-order valence-corrected chi connectivity index (χ4v) is 4.65. The van der Waals surface area contributed by atoms with E-state index in [0.29, 0.717) is 44.7 Å². The molecule has 2 amide bonds. The number of furan rings is 1. The normalized spacial score (nSPS) is 16.1. The molecule has 3 heterocycles. The van der Waals surface area contributed by atoms with Crippen LogP contribution in [0.2, 0.25) is 5.02 Å². The fraction of sp³-hybridized carbons (Fsp3) is 0.130. The van der Waals surface area contributed by atoms with Gasteiger partial charge in [-0.25, -0.2) is 0 Å². The van der Waals surface area contributed by atoms with Crippen LogP contribution in [0.25, 0.3) is 17.4 Å². The second-order valence-corrected chi connectivity index (χ2v) is 8.93. The number of hydrogen-bond donors (Lipinski definition) is 0. The number of thioether (sulfide) groups is 1. The van der Waals surface area contributed by atoms with E-state index in [1.165, 1.54) is 12.1 Å². The van der Waals surface area contributed by atoms with Crippen molar-refractivity contribution in [2.45, 2.75) is 13.5 Å². The van der Waals surface area contributed by atoms with Crippen LogP contribution in [0.3, 0.4) is 0 Å². The Morgan fingerprint density at radius 2 is 1.91 bits per heavy atom. The fourth-order valence-electron chi connectivity index (χ4n) is 3.62. The first-order chi connectivity index (χ1) is 16.3. The van der Waals surface area contributed by atoms with Crippen molar-refractivity contribution in [3.63, 3.8) is 0 Å². The number of rotatable bonds is 5. The first kappa shape index (κ1) is 22.1. The van der Waals surface area contributed by atoms with Crippen LogP contribution >= 0.6 is 23.4 Å². The van der Waals surface area contributed by atoms with Crippen molar-refractivity contribution in [3.05, 3.63) is 79.4 Å². The lowest BCUT2D eigenvalue weighted by molar-refractivity contribution is -0.385. The molecule has 0 aliphatic carbocycles. The number of amides is 2. The summed E-state index contributed by atoms with van der Waals surface area (Å²) in [6.45, 7) is 1.72. The highest BCUT2D eigenvalue weighted by Gasteiger charge is 2.36. The molecule has 34 heavy (non-hydrogen) atoms. The van der Waals surface area contributed by atoms with Crippen molar-refractivity contribution in [1.82, 2.24) is 4.90 Å². The van der Waals surface area contributed by atoms with Crippen molar-refractivity contribution >= 4 is 46.3 Å². The summed E-state index contributed by atoms with van der Waals surface area (Å²) in [6.07, 6.45) is 1.49. The third-order valence-corrected chi connectivity index (χ3v) is 6.58.